The van der Waals surface area contributed by atoms with Crippen molar-refractivity contribution in [3.8, 4) is 11.3 Å². The van der Waals surface area contributed by atoms with Crippen LogP contribution in [0.1, 0.15) is 11.7 Å². The van der Waals surface area contributed by atoms with Gasteiger partial charge < -0.3 is 10.4 Å². The summed E-state index contributed by atoms with van der Waals surface area (Å²) in [4.78, 5) is 4.52. The number of benzene rings is 2. The van der Waals surface area contributed by atoms with E-state index in [9.17, 15) is 13.9 Å². The zero-order valence-corrected chi connectivity index (χ0v) is 14.2. The van der Waals surface area contributed by atoms with Crippen molar-refractivity contribution in [2.75, 3.05) is 11.9 Å². The van der Waals surface area contributed by atoms with Gasteiger partial charge in [0, 0.05) is 24.2 Å². The maximum atomic E-state index is 13.2. The molecular formula is C20H16F2N4O. The van der Waals surface area contributed by atoms with E-state index in [4.69, 9.17) is 0 Å². The van der Waals surface area contributed by atoms with E-state index in [-0.39, 0.29) is 18.2 Å². The molecule has 27 heavy (non-hydrogen) atoms. The van der Waals surface area contributed by atoms with Crippen LogP contribution in [0, 0.1) is 11.6 Å². The van der Waals surface area contributed by atoms with Crippen LogP contribution in [0.4, 0.5) is 14.6 Å². The lowest BCUT2D eigenvalue weighted by Gasteiger charge is -2.15. The van der Waals surface area contributed by atoms with Gasteiger partial charge in [0.1, 0.15) is 17.5 Å². The van der Waals surface area contributed by atoms with Crippen molar-refractivity contribution in [3.05, 3.63) is 84.1 Å². The van der Waals surface area contributed by atoms with Gasteiger partial charge in [-0.25, -0.2) is 13.8 Å². The summed E-state index contributed by atoms with van der Waals surface area (Å²) in [6.45, 7) is 0.202. The molecule has 1 unspecified atom stereocenters. The lowest BCUT2D eigenvalue weighted by atomic mass is 10.1. The monoisotopic (exact) mass is 366 g/mol. The van der Waals surface area contributed by atoms with E-state index in [0.717, 1.165) is 5.56 Å². The van der Waals surface area contributed by atoms with Crippen LogP contribution >= 0.6 is 0 Å². The fourth-order valence-electron chi connectivity index (χ4n) is 2.81. The third-order valence-electron chi connectivity index (χ3n) is 4.23. The summed E-state index contributed by atoms with van der Waals surface area (Å²) in [5.74, 6) is -0.0364. The van der Waals surface area contributed by atoms with Crippen LogP contribution in [-0.4, -0.2) is 26.2 Å². The van der Waals surface area contributed by atoms with Crippen LogP contribution in [-0.2, 0) is 0 Å². The van der Waals surface area contributed by atoms with Crippen molar-refractivity contribution >= 4 is 11.5 Å². The summed E-state index contributed by atoms with van der Waals surface area (Å²) >= 11 is 0. The van der Waals surface area contributed by atoms with Crippen molar-refractivity contribution < 1.29 is 13.9 Å². The predicted octanol–water partition coefficient (Wildman–Crippen LogP) is 3.82. The lowest BCUT2D eigenvalue weighted by molar-refractivity contribution is 0.191. The number of rotatable bonds is 5. The first-order valence-electron chi connectivity index (χ1n) is 8.38. The number of fused-ring (bicyclic) bond motifs is 1. The minimum Gasteiger partial charge on any atom is -0.387 e. The SMILES string of the molecule is OC(CNc1cc(-c2ccc(F)cc2)nc2ccnn12)c1ccc(F)cc1. The van der Waals surface area contributed by atoms with E-state index in [1.807, 2.05) is 0 Å². The Morgan fingerprint density at radius 2 is 1.63 bits per heavy atom. The van der Waals surface area contributed by atoms with Crippen LogP contribution in [0.2, 0.25) is 0 Å². The number of nitrogens with zero attached hydrogens (tertiary/aromatic N) is 3. The molecule has 0 saturated heterocycles. The minimum absolute atomic E-state index is 0.202. The number of anilines is 1. The largest absolute Gasteiger partial charge is 0.387 e. The summed E-state index contributed by atoms with van der Waals surface area (Å²) in [5, 5.41) is 17.7. The van der Waals surface area contributed by atoms with Gasteiger partial charge in [0.25, 0.3) is 0 Å². The summed E-state index contributed by atoms with van der Waals surface area (Å²) in [7, 11) is 0. The second-order valence-corrected chi connectivity index (χ2v) is 6.08. The average Bonchev–Trinajstić information content (AvgIpc) is 3.15. The fourth-order valence-corrected chi connectivity index (χ4v) is 2.81. The van der Waals surface area contributed by atoms with E-state index in [2.05, 4.69) is 15.4 Å². The average molecular weight is 366 g/mol. The van der Waals surface area contributed by atoms with Crippen molar-refractivity contribution in [2.24, 2.45) is 0 Å². The molecule has 136 valence electrons. The Hall–Kier alpha value is -3.32. The number of hydrogen-bond acceptors (Lipinski definition) is 4. The third-order valence-corrected chi connectivity index (χ3v) is 4.23. The molecule has 2 heterocycles. The molecule has 0 saturated carbocycles. The van der Waals surface area contributed by atoms with Crippen molar-refractivity contribution in [3.63, 3.8) is 0 Å². The van der Waals surface area contributed by atoms with Gasteiger partial charge in [-0.2, -0.15) is 9.61 Å². The topological polar surface area (TPSA) is 62.5 Å². The van der Waals surface area contributed by atoms with Gasteiger partial charge in [0.15, 0.2) is 5.65 Å². The van der Waals surface area contributed by atoms with E-state index < -0.39 is 6.10 Å². The second kappa shape index (κ2) is 7.13. The first-order chi connectivity index (χ1) is 13.1. The molecule has 2 N–H and O–H groups in total. The molecule has 0 amide bonds. The van der Waals surface area contributed by atoms with Gasteiger partial charge in [-0.1, -0.05) is 12.1 Å². The zero-order valence-electron chi connectivity index (χ0n) is 14.2. The van der Waals surface area contributed by atoms with Gasteiger partial charge in [-0.05, 0) is 42.0 Å². The van der Waals surface area contributed by atoms with Crippen LogP contribution in [0.5, 0.6) is 0 Å². The molecule has 2 aromatic carbocycles. The van der Waals surface area contributed by atoms with E-state index >= 15 is 0 Å². The highest BCUT2D eigenvalue weighted by molar-refractivity contribution is 5.66. The summed E-state index contributed by atoms with van der Waals surface area (Å²) in [6, 6.07) is 15.3. The van der Waals surface area contributed by atoms with E-state index in [0.29, 0.717) is 22.7 Å². The van der Waals surface area contributed by atoms with E-state index in [1.54, 1.807) is 47.1 Å². The molecule has 1 atom stereocenters. The highest BCUT2D eigenvalue weighted by Crippen LogP contribution is 2.23. The first-order valence-corrected chi connectivity index (χ1v) is 8.38. The standard InChI is InChI=1S/C20H16F2N4O/c21-15-5-1-13(2-6-15)17-11-20(26-19(25-17)9-10-24-26)23-12-18(27)14-3-7-16(22)8-4-14/h1-11,18,23,27H,12H2. The number of aliphatic hydroxyl groups excluding tert-OH is 1. The zero-order chi connectivity index (χ0) is 18.8. The summed E-state index contributed by atoms with van der Waals surface area (Å²) in [5.41, 5.74) is 2.65. The molecule has 7 heteroatoms. The van der Waals surface area contributed by atoms with Gasteiger partial charge >= 0.3 is 0 Å². The highest BCUT2D eigenvalue weighted by Gasteiger charge is 2.12. The van der Waals surface area contributed by atoms with Gasteiger partial charge in [-0.3, -0.25) is 0 Å². The number of nitrogens with one attached hydrogen (secondary N) is 1. The minimum atomic E-state index is -0.821. The van der Waals surface area contributed by atoms with Crippen LogP contribution in [0.3, 0.4) is 0 Å². The maximum absolute atomic E-state index is 13.2. The van der Waals surface area contributed by atoms with Crippen molar-refractivity contribution in [2.45, 2.75) is 6.10 Å². The van der Waals surface area contributed by atoms with Crippen molar-refractivity contribution in [1.82, 2.24) is 14.6 Å². The molecule has 0 aliphatic heterocycles. The molecule has 5 nitrogen and oxygen atoms in total. The molecule has 0 aliphatic rings. The number of aromatic nitrogens is 3. The Balaban J connectivity index is 1.61. The van der Waals surface area contributed by atoms with Gasteiger partial charge in [0.05, 0.1) is 18.0 Å². The van der Waals surface area contributed by atoms with Gasteiger partial charge in [0.2, 0.25) is 0 Å². The lowest BCUT2D eigenvalue weighted by Crippen LogP contribution is -2.15. The molecule has 4 aromatic rings. The first kappa shape index (κ1) is 17.1. The Morgan fingerprint density at radius 1 is 0.963 bits per heavy atom. The Bertz CT molecular complexity index is 1060. The molecule has 4 rings (SSSR count). The molecule has 0 fully saturated rings. The van der Waals surface area contributed by atoms with Crippen LogP contribution < -0.4 is 5.32 Å². The molecular weight excluding hydrogens is 350 g/mol. The Morgan fingerprint density at radius 3 is 2.33 bits per heavy atom. The smallest absolute Gasteiger partial charge is 0.157 e. The quantitative estimate of drug-likeness (QED) is 0.564. The highest BCUT2D eigenvalue weighted by atomic mass is 19.1. The number of aliphatic hydroxyl groups is 1. The summed E-state index contributed by atoms with van der Waals surface area (Å²) in [6.07, 6.45) is 0.803. The normalized spacial score (nSPS) is 12.3. The molecule has 0 aliphatic carbocycles. The Labute approximate surface area is 153 Å². The van der Waals surface area contributed by atoms with E-state index in [1.165, 1.54) is 24.3 Å². The molecule has 2 aromatic heterocycles. The van der Waals surface area contributed by atoms with Crippen LogP contribution in [0.15, 0.2) is 66.9 Å². The molecule has 0 bridgehead atoms. The number of halogens is 2. The van der Waals surface area contributed by atoms with Crippen molar-refractivity contribution in [1.29, 1.82) is 0 Å². The molecule has 0 radical (unpaired) electrons. The molecule has 0 spiro atoms. The number of hydrogen-bond donors (Lipinski definition) is 2. The predicted molar refractivity (Wildman–Crippen MR) is 98.2 cm³/mol. The Kier molecular flexibility index (Phi) is 4.52. The summed E-state index contributed by atoms with van der Waals surface area (Å²) < 4.78 is 27.8. The fraction of sp³-hybridized carbons (Fsp3) is 0.100. The maximum Gasteiger partial charge on any atom is 0.157 e. The van der Waals surface area contributed by atoms with Crippen LogP contribution in [0.25, 0.3) is 16.9 Å². The third kappa shape index (κ3) is 3.63. The second-order valence-electron chi connectivity index (χ2n) is 6.08. The van der Waals surface area contributed by atoms with Gasteiger partial charge in [-0.15, -0.1) is 0 Å².